The maximum absolute atomic E-state index is 11.2. The molecule has 2 rings (SSSR count). The molecule has 1 aromatic carbocycles. The summed E-state index contributed by atoms with van der Waals surface area (Å²) in [6.45, 7) is 0. The first-order valence-corrected chi connectivity index (χ1v) is 6.50. The van der Waals surface area contributed by atoms with Gasteiger partial charge < -0.3 is 14.5 Å². The SMILES string of the molecule is COC(=O)Cc1ccc(Oc2cc[nH]c(=S)c2C#N)cc1. The fourth-order valence-electron chi connectivity index (χ4n) is 1.69. The lowest BCUT2D eigenvalue weighted by Crippen LogP contribution is -2.04. The van der Waals surface area contributed by atoms with E-state index in [1.807, 2.05) is 6.07 Å². The van der Waals surface area contributed by atoms with Crippen molar-refractivity contribution in [1.29, 1.82) is 5.26 Å². The van der Waals surface area contributed by atoms with Crippen molar-refractivity contribution in [3.8, 4) is 17.6 Å². The first kappa shape index (κ1) is 14.8. The van der Waals surface area contributed by atoms with Gasteiger partial charge in [-0.1, -0.05) is 24.4 Å². The van der Waals surface area contributed by atoms with E-state index in [4.69, 9.17) is 22.2 Å². The van der Waals surface area contributed by atoms with Gasteiger partial charge in [0.05, 0.1) is 13.5 Å². The molecule has 0 radical (unpaired) electrons. The summed E-state index contributed by atoms with van der Waals surface area (Å²) in [6, 6.07) is 10.6. The standard InChI is InChI=1S/C15H12N2O3S/c1-19-14(18)8-10-2-4-11(5-3-10)20-13-6-7-17-15(21)12(13)9-16/h2-7H,8H2,1H3,(H,17,21). The lowest BCUT2D eigenvalue weighted by molar-refractivity contribution is -0.139. The summed E-state index contributed by atoms with van der Waals surface area (Å²) in [7, 11) is 1.35. The molecule has 0 amide bonds. The summed E-state index contributed by atoms with van der Waals surface area (Å²) < 4.78 is 10.6. The molecule has 0 aliphatic rings. The van der Waals surface area contributed by atoms with Gasteiger partial charge in [-0.25, -0.2) is 0 Å². The average molecular weight is 300 g/mol. The summed E-state index contributed by atoms with van der Waals surface area (Å²) in [5.74, 6) is 0.646. The zero-order valence-electron chi connectivity index (χ0n) is 11.3. The Kier molecular flexibility index (Phi) is 4.69. The van der Waals surface area contributed by atoms with Crippen molar-refractivity contribution in [2.24, 2.45) is 0 Å². The Morgan fingerprint density at radius 1 is 1.33 bits per heavy atom. The number of hydrogen-bond donors (Lipinski definition) is 1. The van der Waals surface area contributed by atoms with E-state index >= 15 is 0 Å². The molecule has 0 aliphatic heterocycles. The van der Waals surface area contributed by atoms with E-state index in [0.717, 1.165) is 5.56 Å². The molecule has 21 heavy (non-hydrogen) atoms. The van der Waals surface area contributed by atoms with Crippen LogP contribution in [0.3, 0.4) is 0 Å². The molecule has 5 nitrogen and oxygen atoms in total. The largest absolute Gasteiger partial charge is 0.469 e. The van der Waals surface area contributed by atoms with Crippen LogP contribution < -0.4 is 4.74 Å². The molecular formula is C15H12N2O3S. The molecule has 0 atom stereocenters. The predicted molar refractivity (Wildman–Crippen MR) is 78.6 cm³/mol. The Labute approximate surface area is 126 Å². The van der Waals surface area contributed by atoms with Crippen molar-refractivity contribution >= 4 is 18.2 Å². The fourth-order valence-corrected chi connectivity index (χ4v) is 1.91. The van der Waals surface area contributed by atoms with Gasteiger partial charge in [0.25, 0.3) is 0 Å². The number of H-pyrrole nitrogens is 1. The lowest BCUT2D eigenvalue weighted by atomic mass is 10.1. The van der Waals surface area contributed by atoms with E-state index in [-0.39, 0.29) is 18.0 Å². The number of ether oxygens (including phenoxy) is 2. The monoisotopic (exact) mass is 300 g/mol. The summed E-state index contributed by atoms with van der Waals surface area (Å²) in [5, 5.41) is 9.08. The van der Waals surface area contributed by atoms with Crippen LogP contribution in [0.4, 0.5) is 0 Å². The van der Waals surface area contributed by atoms with Gasteiger partial charge in [0, 0.05) is 6.20 Å². The molecule has 0 spiro atoms. The molecule has 0 unspecified atom stereocenters. The molecule has 2 aromatic rings. The molecule has 1 heterocycles. The molecule has 1 aromatic heterocycles. The molecule has 0 saturated heterocycles. The van der Waals surface area contributed by atoms with E-state index in [1.165, 1.54) is 7.11 Å². The molecule has 6 heteroatoms. The Bertz CT molecular complexity index is 745. The summed E-state index contributed by atoms with van der Waals surface area (Å²) in [6.07, 6.45) is 1.82. The number of hydrogen-bond acceptors (Lipinski definition) is 5. The van der Waals surface area contributed by atoms with Crippen LogP contribution in [0.15, 0.2) is 36.5 Å². The lowest BCUT2D eigenvalue weighted by Gasteiger charge is -2.08. The highest BCUT2D eigenvalue weighted by atomic mass is 32.1. The fraction of sp³-hybridized carbons (Fsp3) is 0.133. The number of aromatic amines is 1. The van der Waals surface area contributed by atoms with E-state index in [9.17, 15) is 4.79 Å². The first-order chi connectivity index (χ1) is 10.1. The molecule has 0 bridgehead atoms. The highest BCUT2D eigenvalue weighted by molar-refractivity contribution is 7.71. The number of esters is 1. The van der Waals surface area contributed by atoms with Crippen LogP contribution in [0.1, 0.15) is 11.1 Å². The first-order valence-electron chi connectivity index (χ1n) is 6.09. The number of carbonyl (C=O) groups is 1. The van der Waals surface area contributed by atoms with Crippen LogP contribution in [-0.4, -0.2) is 18.1 Å². The van der Waals surface area contributed by atoms with Gasteiger partial charge in [-0.2, -0.15) is 5.26 Å². The number of nitriles is 1. The van der Waals surface area contributed by atoms with Gasteiger partial charge in [-0.15, -0.1) is 0 Å². The minimum atomic E-state index is -0.301. The van der Waals surface area contributed by atoms with Crippen LogP contribution in [0.5, 0.6) is 11.5 Å². The van der Waals surface area contributed by atoms with Crippen LogP contribution in [0.25, 0.3) is 0 Å². The van der Waals surface area contributed by atoms with E-state index in [1.54, 1.807) is 36.5 Å². The number of pyridine rings is 1. The van der Waals surface area contributed by atoms with Crippen molar-refractivity contribution in [2.75, 3.05) is 7.11 Å². The molecule has 0 saturated carbocycles. The van der Waals surface area contributed by atoms with E-state index < -0.39 is 0 Å². The Morgan fingerprint density at radius 2 is 2.05 bits per heavy atom. The second kappa shape index (κ2) is 6.68. The molecule has 0 fully saturated rings. The summed E-state index contributed by atoms with van der Waals surface area (Å²) in [5.41, 5.74) is 1.10. The van der Waals surface area contributed by atoms with E-state index in [2.05, 4.69) is 9.72 Å². The van der Waals surface area contributed by atoms with Crippen molar-refractivity contribution in [3.63, 3.8) is 0 Å². The third-order valence-electron chi connectivity index (χ3n) is 2.76. The number of nitrogens with zero attached hydrogens (tertiary/aromatic N) is 1. The average Bonchev–Trinajstić information content (AvgIpc) is 2.49. The zero-order valence-corrected chi connectivity index (χ0v) is 12.1. The van der Waals surface area contributed by atoms with Gasteiger partial charge in [-0.05, 0) is 23.8 Å². The number of aromatic nitrogens is 1. The second-order valence-electron chi connectivity index (χ2n) is 4.16. The van der Waals surface area contributed by atoms with Crippen molar-refractivity contribution in [2.45, 2.75) is 6.42 Å². The maximum atomic E-state index is 11.2. The van der Waals surface area contributed by atoms with Crippen LogP contribution in [0, 0.1) is 16.0 Å². The number of nitrogens with one attached hydrogen (secondary N) is 1. The predicted octanol–water partition coefficient (Wildman–Crippen LogP) is 3.12. The highest BCUT2D eigenvalue weighted by Gasteiger charge is 2.07. The van der Waals surface area contributed by atoms with E-state index in [0.29, 0.717) is 16.1 Å². The van der Waals surface area contributed by atoms with Gasteiger partial charge in [-0.3, -0.25) is 4.79 Å². The Morgan fingerprint density at radius 3 is 2.67 bits per heavy atom. The highest BCUT2D eigenvalue weighted by Crippen LogP contribution is 2.25. The number of benzene rings is 1. The van der Waals surface area contributed by atoms with Crippen LogP contribution in [0.2, 0.25) is 0 Å². The number of rotatable bonds is 4. The Balaban J connectivity index is 2.18. The molecule has 1 N–H and O–H groups in total. The molecular weight excluding hydrogens is 288 g/mol. The summed E-state index contributed by atoms with van der Waals surface area (Å²) >= 11 is 5.03. The van der Waals surface area contributed by atoms with Crippen molar-refractivity contribution in [3.05, 3.63) is 52.3 Å². The zero-order chi connectivity index (χ0) is 15.2. The normalized spacial score (nSPS) is 9.71. The van der Waals surface area contributed by atoms with Gasteiger partial charge in [0.2, 0.25) is 0 Å². The third kappa shape index (κ3) is 3.68. The topological polar surface area (TPSA) is 75.1 Å². The van der Waals surface area contributed by atoms with Gasteiger partial charge >= 0.3 is 5.97 Å². The minimum Gasteiger partial charge on any atom is -0.469 e. The Hall–Kier alpha value is -2.65. The van der Waals surface area contributed by atoms with Crippen LogP contribution in [-0.2, 0) is 16.0 Å². The smallest absolute Gasteiger partial charge is 0.309 e. The maximum Gasteiger partial charge on any atom is 0.309 e. The summed E-state index contributed by atoms with van der Waals surface area (Å²) in [4.78, 5) is 13.9. The van der Waals surface area contributed by atoms with Gasteiger partial charge in [0.1, 0.15) is 27.8 Å². The number of carbonyl (C=O) groups excluding carboxylic acids is 1. The minimum absolute atomic E-state index is 0.205. The number of methoxy groups -OCH3 is 1. The molecule has 106 valence electrons. The third-order valence-corrected chi connectivity index (χ3v) is 3.08. The van der Waals surface area contributed by atoms with Crippen molar-refractivity contribution in [1.82, 2.24) is 4.98 Å². The second-order valence-corrected chi connectivity index (χ2v) is 4.57. The van der Waals surface area contributed by atoms with Gasteiger partial charge in [0.15, 0.2) is 0 Å². The van der Waals surface area contributed by atoms with Crippen molar-refractivity contribution < 1.29 is 14.3 Å². The van der Waals surface area contributed by atoms with Crippen LogP contribution >= 0.6 is 12.2 Å². The quantitative estimate of drug-likeness (QED) is 0.693. The molecule has 0 aliphatic carbocycles.